The number of fused-ring (bicyclic) bond motifs is 6. The Kier molecular flexibility index (Phi) is 12.2. The number of anilines is 9. The molecule has 80 heavy (non-hydrogen) atoms. The second kappa shape index (κ2) is 18.1. The molecule has 0 unspecified atom stereocenters. The lowest BCUT2D eigenvalue weighted by Gasteiger charge is -2.46. The summed E-state index contributed by atoms with van der Waals surface area (Å²) in [5.41, 5.74) is 28.4. The van der Waals surface area contributed by atoms with Crippen LogP contribution in [0.5, 0.6) is 0 Å². The molecule has 0 N–H and O–H groups in total. The first-order valence-electron chi connectivity index (χ1n) is 29.9. The SMILES string of the molecule is Cc1ccc(C(C)(C)C)cc1N1c2cc(C(C)(C)C)ccc2B2c3cc4c(cc3N(c3ccc(C(C)(C)C)cc3-c3ccc5c(c3)C(C)(C)CCC5(C)C)c3cc(N(c5ccccc5)c5ccccc5)cc1c32)C(C)(C)CC4(C)C. The van der Waals surface area contributed by atoms with E-state index < -0.39 is 0 Å². The van der Waals surface area contributed by atoms with Gasteiger partial charge >= 0.3 is 0 Å². The van der Waals surface area contributed by atoms with Crippen molar-refractivity contribution in [3.63, 3.8) is 0 Å². The third-order valence-corrected chi connectivity index (χ3v) is 19.3. The van der Waals surface area contributed by atoms with Crippen molar-refractivity contribution >= 4 is 74.3 Å². The Bertz CT molecular complexity index is 3740. The molecular weight excluding hydrogens is 966 g/mol. The highest BCUT2D eigenvalue weighted by Gasteiger charge is 2.49. The van der Waals surface area contributed by atoms with Gasteiger partial charge in [0.1, 0.15) is 0 Å². The first-order chi connectivity index (χ1) is 37.4. The van der Waals surface area contributed by atoms with Crippen LogP contribution in [0.2, 0.25) is 0 Å². The Balaban J connectivity index is 1.27. The summed E-state index contributed by atoms with van der Waals surface area (Å²) in [6.07, 6.45) is 3.43. The van der Waals surface area contributed by atoms with Crippen molar-refractivity contribution in [3.8, 4) is 11.1 Å². The van der Waals surface area contributed by atoms with E-state index in [1.165, 1.54) is 113 Å². The van der Waals surface area contributed by atoms with Gasteiger partial charge < -0.3 is 14.7 Å². The van der Waals surface area contributed by atoms with Crippen molar-refractivity contribution in [2.75, 3.05) is 14.7 Å². The lowest BCUT2D eigenvalue weighted by molar-refractivity contribution is 0.332. The van der Waals surface area contributed by atoms with Crippen LogP contribution in [0.4, 0.5) is 51.2 Å². The zero-order chi connectivity index (χ0) is 57.0. The molecule has 0 saturated carbocycles. The second-order valence-corrected chi connectivity index (χ2v) is 30.2. The monoisotopic (exact) mass is 1050 g/mol. The van der Waals surface area contributed by atoms with E-state index in [-0.39, 0.29) is 44.6 Å². The molecule has 8 aromatic carbocycles. The molecule has 2 aliphatic heterocycles. The third-order valence-electron chi connectivity index (χ3n) is 19.3. The van der Waals surface area contributed by atoms with Gasteiger partial charge in [-0.2, -0.15) is 0 Å². The molecule has 0 aromatic heterocycles. The first kappa shape index (κ1) is 53.8. The van der Waals surface area contributed by atoms with Gasteiger partial charge in [0.2, 0.25) is 0 Å². The minimum absolute atomic E-state index is 0.00904. The molecule has 12 rings (SSSR count). The molecule has 8 aromatic rings. The van der Waals surface area contributed by atoms with Crippen LogP contribution in [-0.2, 0) is 37.9 Å². The fourth-order valence-corrected chi connectivity index (χ4v) is 14.7. The molecule has 0 spiro atoms. The highest BCUT2D eigenvalue weighted by Crippen LogP contribution is 2.56. The number of para-hydroxylation sites is 2. The lowest BCUT2D eigenvalue weighted by Crippen LogP contribution is -2.61. The van der Waals surface area contributed by atoms with Crippen molar-refractivity contribution in [2.24, 2.45) is 0 Å². The zero-order valence-corrected chi connectivity index (χ0v) is 51.6. The molecule has 4 aliphatic rings. The molecule has 0 bridgehead atoms. The van der Waals surface area contributed by atoms with Gasteiger partial charge in [-0.05, 0) is 197 Å². The topological polar surface area (TPSA) is 9.72 Å². The summed E-state index contributed by atoms with van der Waals surface area (Å²) in [5, 5.41) is 0. The third kappa shape index (κ3) is 8.76. The summed E-state index contributed by atoms with van der Waals surface area (Å²) < 4.78 is 0. The van der Waals surface area contributed by atoms with E-state index in [0.717, 1.165) is 29.9 Å². The largest absolute Gasteiger partial charge is 0.311 e. The van der Waals surface area contributed by atoms with Gasteiger partial charge in [0.15, 0.2) is 0 Å². The van der Waals surface area contributed by atoms with Crippen LogP contribution in [-0.4, -0.2) is 6.71 Å². The molecule has 408 valence electrons. The van der Waals surface area contributed by atoms with Crippen LogP contribution in [0.1, 0.15) is 181 Å². The van der Waals surface area contributed by atoms with E-state index >= 15 is 0 Å². The predicted molar refractivity (Wildman–Crippen MR) is 347 cm³/mol. The molecule has 3 nitrogen and oxygen atoms in total. The van der Waals surface area contributed by atoms with Gasteiger partial charge in [-0.1, -0.05) is 209 Å². The van der Waals surface area contributed by atoms with E-state index in [4.69, 9.17) is 0 Å². The van der Waals surface area contributed by atoms with Gasteiger partial charge in [0.05, 0.1) is 11.4 Å². The van der Waals surface area contributed by atoms with Crippen LogP contribution < -0.4 is 31.1 Å². The molecule has 4 heteroatoms. The molecule has 2 aliphatic carbocycles. The predicted octanol–water partition coefficient (Wildman–Crippen LogP) is 19.4. The molecule has 0 atom stereocenters. The number of rotatable bonds is 6. The Labute approximate surface area is 481 Å². The molecule has 0 radical (unpaired) electrons. The van der Waals surface area contributed by atoms with E-state index in [0.29, 0.717) is 0 Å². The van der Waals surface area contributed by atoms with Gasteiger partial charge in [-0.3, -0.25) is 0 Å². The van der Waals surface area contributed by atoms with Crippen molar-refractivity contribution in [1.29, 1.82) is 0 Å². The fraction of sp³-hybridized carbons (Fsp3) is 0.368. The molecule has 0 amide bonds. The Morgan fingerprint density at radius 3 is 1.44 bits per heavy atom. The van der Waals surface area contributed by atoms with Gasteiger partial charge in [-0.15, -0.1) is 0 Å². The molecule has 2 heterocycles. The van der Waals surface area contributed by atoms with Crippen molar-refractivity contribution in [1.82, 2.24) is 0 Å². The first-order valence-corrected chi connectivity index (χ1v) is 29.9. The minimum atomic E-state index is -0.0807. The van der Waals surface area contributed by atoms with E-state index in [1.807, 2.05) is 0 Å². The standard InChI is InChI=1S/C76H86BN3/c1-48-29-31-51(71(5,6)7)41-64(48)80-65-42-52(72(8,9)10)32-35-61(65)77-62-45-59-60(76(17,18)47-75(59,15)16)46-66(62)79(67-43-55(44-68(80)69(67)77)78(53-25-21-19-22-26-53)54-27-23-20-24-28-54)63-36-33-50(70(2,3)4)40-56(63)49-30-34-57-58(39-49)74(13,14)38-37-73(57,11)12/h19-36,39-46H,37-38,47H2,1-18H3. The van der Waals surface area contributed by atoms with E-state index in [9.17, 15) is 0 Å². The summed E-state index contributed by atoms with van der Waals surface area (Å²) in [5.74, 6) is 0. The quantitative estimate of drug-likeness (QED) is 0.154. The van der Waals surface area contributed by atoms with Crippen LogP contribution in [0.15, 0.2) is 158 Å². The molecule has 0 fully saturated rings. The number of hydrogen-bond acceptors (Lipinski definition) is 3. The highest BCUT2D eigenvalue weighted by atomic mass is 15.2. The number of hydrogen-bond donors (Lipinski definition) is 0. The normalized spacial score (nSPS) is 17.3. The lowest BCUT2D eigenvalue weighted by atomic mass is 9.33. The summed E-state index contributed by atoms with van der Waals surface area (Å²) >= 11 is 0. The Hall–Kier alpha value is -6.78. The van der Waals surface area contributed by atoms with Crippen LogP contribution >= 0.6 is 0 Å². The Morgan fingerprint density at radius 2 is 0.863 bits per heavy atom. The average molecular weight is 1050 g/mol. The number of benzene rings is 8. The van der Waals surface area contributed by atoms with E-state index in [1.54, 1.807) is 0 Å². The number of aryl methyl sites for hydroxylation is 1. The summed E-state index contributed by atoms with van der Waals surface area (Å²) in [6, 6.07) is 62.2. The van der Waals surface area contributed by atoms with Crippen LogP contribution in [0, 0.1) is 6.92 Å². The van der Waals surface area contributed by atoms with Crippen molar-refractivity contribution in [3.05, 3.63) is 202 Å². The van der Waals surface area contributed by atoms with Crippen molar-refractivity contribution in [2.45, 2.75) is 182 Å². The average Bonchev–Trinajstić information content (AvgIpc) is 3.01. The van der Waals surface area contributed by atoms with Crippen LogP contribution in [0.25, 0.3) is 11.1 Å². The van der Waals surface area contributed by atoms with E-state index in [2.05, 4.69) is 297 Å². The van der Waals surface area contributed by atoms with Crippen molar-refractivity contribution < 1.29 is 0 Å². The summed E-state index contributed by atoms with van der Waals surface area (Å²) in [6.45, 7) is 43.3. The summed E-state index contributed by atoms with van der Waals surface area (Å²) in [4.78, 5) is 7.91. The smallest absolute Gasteiger partial charge is 0.252 e. The van der Waals surface area contributed by atoms with Crippen LogP contribution in [0.3, 0.4) is 0 Å². The van der Waals surface area contributed by atoms with Gasteiger partial charge in [0, 0.05) is 45.4 Å². The van der Waals surface area contributed by atoms with Gasteiger partial charge in [-0.25, -0.2) is 0 Å². The minimum Gasteiger partial charge on any atom is -0.311 e. The Morgan fingerprint density at radius 1 is 0.388 bits per heavy atom. The maximum atomic E-state index is 2.74. The zero-order valence-electron chi connectivity index (χ0n) is 51.6. The van der Waals surface area contributed by atoms with Gasteiger partial charge in [0.25, 0.3) is 6.71 Å². The second-order valence-electron chi connectivity index (χ2n) is 30.2. The maximum absolute atomic E-state index is 2.74. The highest BCUT2D eigenvalue weighted by molar-refractivity contribution is 7.00. The fourth-order valence-electron chi connectivity index (χ4n) is 14.7. The number of nitrogens with zero attached hydrogens (tertiary/aromatic N) is 3. The summed E-state index contributed by atoms with van der Waals surface area (Å²) in [7, 11) is 0. The molecule has 0 saturated heterocycles. The molecular formula is C76H86BN3. The maximum Gasteiger partial charge on any atom is 0.252 e.